The monoisotopic (exact) mass is 338 g/mol. The fourth-order valence-electron chi connectivity index (χ4n) is 2.30. The Hall–Kier alpha value is -2.92. The Morgan fingerprint density at radius 1 is 1.29 bits per heavy atom. The number of nitrogens with one attached hydrogen (secondary N) is 1. The zero-order valence-electron chi connectivity index (χ0n) is 13.0. The average molecular weight is 339 g/mol. The molecule has 0 aliphatic heterocycles. The van der Waals surface area contributed by atoms with E-state index in [1.165, 1.54) is 6.08 Å². The Morgan fingerprint density at radius 2 is 2.04 bits per heavy atom. The molecule has 6 heteroatoms. The van der Waals surface area contributed by atoms with Crippen LogP contribution in [0.4, 0.5) is 5.69 Å². The van der Waals surface area contributed by atoms with Crippen molar-refractivity contribution >= 4 is 46.4 Å². The van der Waals surface area contributed by atoms with Gasteiger partial charge in [-0.05, 0) is 35.9 Å². The van der Waals surface area contributed by atoms with Crippen molar-refractivity contribution in [2.45, 2.75) is 0 Å². The molecule has 0 spiro atoms. The molecule has 0 aliphatic carbocycles. The number of anilines is 1. The molecule has 1 aromatic carbocycles. The smallest absolute Gasteiger partial charge is 0.247 e. The van der Waals surface area contributed by atoms with Crippen LogP contribution < -0.4 is 5.32 Å². The fraction of sp³-hybridized carbons (Fsp3) is 0.0556. The number of carbonyl (C=O) groups excluding carboxylic acids is 1. The highest BCUT2D eigenvalue weighted by Crippen LogP contribution is 2.22. The number of benzene rings is 1. The highest BCUT2D eigenvalue weighted by molar-refractivity contribution is 6.30. The standard InChI is InChI=1S/C18H15ClN4O/c1-3-17(24)21-14-10-15-16(22-23(2)18(15)20-11-14)9-6-12-4-7-13(19)8-5-12/h3-11H,1H2,2H3,(H,21,24). The summed E-state index contributed by atoms with van der Waals surface area (Å²) >= 11 is 5.89. The molecule has 5 nitrogen and oxygen atoms in total. The largest absolute Gasteiger partial charge is 0.321 e. The minimum Gasteiger partial charge on any atom is -0.321 e. The van der Waals surface area contributed by atoms with E-state index in [9.17, 15) is 4.79 Å². The van der Waals surface area contributed by atoms with Gasteiger partial charge in [0.2, 0.25) is 5.91 Å². The van der Waals surface area contributed by atoms with E-state index in [2.05, 4.69) is 22.0 Å². The molecule has 0 fully saturated rings. The summed E-state index contributed by atoms with van der Waals surface area (Å²) < 4.78 is 1.70. The molecule has 0 saturated heterocycles. The normalized spacial score (nSPS) is 11.1. The first kappa shape index (κ1) is 16.0. The second kappa shape index (κ2) is 6.68. The summed E-state index contributed by atoms with van der Waals surface area (Å²) in [5.74, 6) is -0.279. The minimum atomic E-state index is -0.279. The number of hydrogen-bond acceptors (Lipinski definition) is 3. The van der Waals surface area contributed by atoms with Crippen LogP contribution in [0.5, 0.6) is 0 Å². The van der Waals surface area contributed by atoms with Crippen LogP contribution in [0.1, 0.15) is 11.3 Å². The number of halogens is 1. The molecular formula is C18H15ClN4O. The zero-order chi connectivity index (χ0) is 17.1. The van der Waals surface area contributed by atoms with Crippen LogP contribution >= 0.6 is 11.6 Å². The topological polar surface area (TPSA) is 59.8 Å². The van der Waals surface area contributed by atoms with Gasteiger partial charge in [-0.25, -0.2) is 9.67 Å². The van der Waals surface area contributed by atoms with Crippen LogP contribution in [0.3, 0.4) is 0 Å². The number of aromatic nitrogens is 3. The van der Waals surface area contributed by atoms with Crippen LogP contribution in [0.15, 0.2) is 49.2 Å². The highest BCUT2D eigenvalue weighted by Gasteiger charge is 2.09. The highest BCUT2D eigenvalue weighted by atomic mass is 35.5. The first-order valence-corrected chi connectivity index (χ1v) is 7.64. The lowest BCUT2D eigenvalue weighted by Crippen LogP contribution is -2.07. The number of carbonyl (C=O) groups is 1. The molecular weight excluding hydrogens is 324 g/mol. The van der Waals surface area contributed by atoms with Crippen LogP contribution in [0.2, 0.25) is 5.02 Å². The maximum Gasteiger partial charge on any atom is 0.247 e. The van der Waals surface area contributed by atoms with Crippen LogP contribution in [-0.2, 0) is 11.8 Å². The Labute approximate surface area is 144 Å². The quantitative estimate of drug-likeness (QED) is 0.733. The van der Waals surface area contributed by atoms with Crippen molar-refractivity contribution in [3.05, 3.63) is 65.5 Å². The predicted molar refractivity (Wildman–Crippen MR) is 97.7 cm³/mol. The molecule has 3 aromatic rings. The third-order valence-electron chi connectivity index (χ3n) is 3.46. The molecule has 2 heterocycles. The predicted octanol–water partition coefficient (Wildman–Crippen LogP) is 3.92. The number of nitrogens with zero attached hydrogens (tertiary/aromatic N) is 3. The van der Waals surface area contributed by atoms with Crippen molar-refractivity contribution in [3.8, 4) is 0 Å². The molecule has 0 atom stereocenters. The van der Waals surface area contributed by atoms with Crippen LogP contribution in [0, 0.1) is 0 Å². The molecule has 0 radical (unpaired) electrons. The lowest BCUT2D eigenvalue weighted by molar-refractivity contribution is -0.111. The van der Waals surface area contributed by atoms with E-state index in [1.54, 1.807) is 10.9 Å². The molecule has 0 saturated carbocycles. The molecule has 1 amide bonds. The summed E-state index contributed by atoms with van der Waals surface area (Å²) in [7, 11) is 1.83. The van der Waals surface area contributed by atoms with Gasteiger partial charge in [0.25, 0.3) is 0 Å². The number of hydrogen-bond donors (Lipinski definition) is 1. The molecule has 3 rings (SSSR count). The van der Waals surface area contributed by atoms with E-state index in [0.717, 1.165) is 22.3 Å². The second-order valence-corrected chi connectivity index (χ2v) is 5.62. The van der Waals surface area contributed by atoms with Gasteiger partial charge in [-0.1, -0.05) is 36.4 Å². The molecule has 1 N–H and O–H groups in total. The van der Waals surface area contributed by atoms with E-state index >= 15 is 0 Å². The SMILES string of the molecule is C=CC(=O)Nc1cnc2c(c1)c(C=Cc1ccc(Cl)cc1)nn2C. The summed E-state index contributed by atoms with van der Waals surface area (Å²) in [6.07, 6.45) is 6.67. The summed E-state index contributed by atoms with van der Waals surface area (Å²) in [6, 6.07) is 9.37. The van der Waals surface area contributed by atoms with Gasteiger partial charge in [0.15, 0.2) is 5.65 Å². The summed E-state index contributed by atoms with van der Waals surface area (Å²) in [5, 5.41) is 8.72. The second-order valence-electron chi connectivity index (χ2n) is 5.18. The summed E-state index contributed by atoms with van der Waals surface area (Å²) in [5.41, 5.74) is 3.12. The maximum absolute atomic E-state index is 11.4. The molecule has 0 unspecified atom stereocenters. The van der Waals surface area contributed by atoms with Gasteiger partial charge >= 0.3 is 0 Å². The first-order chi connectivity index (χ1) is 11.6. The molecule has 24 heavy (non-hydrogen) atoms. The van der Waals surface area contributed by atoms with Crippen molar-refractivity contribution in [2.75, 3.05) is 5.32 Å². The van der Waals surface area contributed by atoms with Crippen molar-refractivity contribution in [2.24, 2.45) is 7.05 Å². The van der Waals surface area contributed by atoms with Gasteiger partial charge in [-0.15, -0.1) is 0 Å². The van der Waals surface area contributed by atoms with Gasteiger partial charge in [0.1, 0.15) is 0 Å². The fourth-order valence-corrected chi connectivity index (χ4v) is 2.43. The van der Waals surface area contributed by atoms with Gasteiger partial charge in [0.05, 0.1) is 17.6 Å². The lowest BCUT2D eigenvalue weighted by atomic mass is 10.2. The Balaban J connectivity index is 1.97. The van der Waals surface area contributed by atoms with Gasteiger partial charge in [-0.2, -0.15) is 5.10 Å². The van der Waals surface area contributed by atoms with Gasteiger partial charge < -0.3 is 5.32 Å². The van der Waals surface area contributed by atoms with Crippen LogP contribution in [0.25, 0.3) is 23.2 Å². The third kappa shape index (κ3) is 3.36. The number of rotatable bonds is 4. The van der Waals surface area contributed by atoms with E-state index < -0.39 is 0 Å². The Bertz CT molecular complexity index is 942. The van der Waals surface area contributed by atoms with Crippen molar-refractivity contribution in [1.29, 1.82) is 0 Å². The minimum absolute atomic E-state index is 0.279. The molecule has 2 aromatic heterocycles. The molecule has 0 aliphatic rings. The summed E-state index contributed by atoms with van der Waals surface area (Å²) in [4.78, 5) is 15.8. The van der Waals surface area contributed by atoms with Gasteiger partial charge in [-0.3, -0.25) is 4.79 Å². The van der Waals surface area contributed by atoms with E-state index in [-0.39, 0.29) is 5.91 Å². The lowest BCUT2D eigenvalue weighted by Gasteiger charge is -2.01. The third-order valence-corrected chi connectivity index (χ3v) is 3.72. The number of amides is 1. The van der Waals surface area contributed by atoms with E-state index in [4.69, 9.17) is 11.6 Å². The first-order valence-electron chi connectivity index (χ1n) is 7.26. The van der Waals surface area contributed by atoms with E-state index in [0.29, 0.717) is 10.7 Å². The summed E-state index contributed by atoms with van der Waals surface area (Å²) in [6.45, 7) is 3.44. The maximum atomic E-state index is 11.4. The van der Waals surface area contributed by atoms with Crippen LogP contribution in [-0.4, -0.2) is 20.7 Å². The van der Waals surface area contributed by atoms with Crippen molar-refractivity contribution in [3.63, 3.8) is 0 Å². The number of pyridine rings is 1. The number of aryl methyl sites for hydroxylation is 1. The Kier molecular flexibility index (Phi) is 4.44. The van der Waals surface area contributed by atoms with Crippen molar-refractivity contribution in [1.82, 2.24) is 14.8 Å². The zero-order valence-corrected chi connectivity index (χ0v) is 13.8. The van der Waals surface area contributed by atoms with Crippen molar-refractivity contribution < 1.29 is 4.79 Å². The van der Waals surface area contributed by atoms with E-state index in [1.807, 2.05) is 49.5 Å². The average Bonchev–Trinajstić information content (AvgIpc) is 2.90. The number of fused-ring (bicyclic) bond motifs is 1. The molecule has 0 bridgehead atoms. The molecule has 120 valence electrons. The van der Waals surface area contributed by atoms with Gasteiger partial charge in [0, 0.05) is 17.5 Å². The Morgan fingerprint density at radius 3 is 2.75 bits per heavy atom.